The van der Waals surface area contributed by atoms with Gasteiger partial charge in [-0.3, -0.25) is 9.59 Å². The van der Waals surface area contributed by atoms with E-state index in [4.69, 9.17) is 0 Å². The fourth-order valence-electron chi connectivity index (χ4n) is 1.57. The molecule has 1 unspecified atom stereocenters. The zero-order valence-corrected chi connectivity index (χ0v) is 11.4. The molecule has 1 aromatic rings. The summed E-state index contributed by atoms with van der Waals surface area (Å²) in [6.45, 7) is 5.17. The predicted molar refractivity (Wildman–Crippen MR) is 72.3 cm³/mol. The third-order valence-corrected chi connectivity index (χ3v) is 2.84. The van der Waals surface area contributed by atoms with E-state index in [1.807, 2.05) is 13.8 Å². The van der Waals surface area contributed by atoms with Crippen molar-refractivity contribution in [3.8, 4) is 0 Å². The van der Waals surface area contributed by atoms with Crippen LogP contribution in [-0.2, 0) is 9.59 Å². The van der Waals surface area contributed by atoms with Crippen molar-refractivity contribution in [1.82, 2.24) is 5.32 Å². The third-order valence-electron chi connectivity index (χ3n) is 2.84. The smallest absolute Gasteiger partial charge is 0.240 e. The molecule has 1 aromatic carbocycles. The zero-order chi connectivity index (χ0) is 14.4. The molecule has 0 aliphatic carbocycles. The van der Waals surface area contributed by atoms with Crippen LogP contribution in [0.5, 0.6) is 0 Å². The Kier molecular flexibility index (Phi) is 5.48. The zero-order valence-electron chi connectivity index (χ0n) is 11.4. The van der Waals surface area contributed by atoms with Gasteiger partial charge >= 0.3 is 0 Å². The molecule has 0 aliphatic heterocycles. The maximum atomic E-state index is 12.8. The number of hydrogen-bond donors (Lipinski definition) is 1. The van der Waals surface area contributed by atoms with Gasteiger partial charge in [-0.15, -0.1) is 0 Å². The lowest BCUT2D eigenvalue weighted by molar-refractivity contribution is -0.123. The van der Waals surface area contributed by atoms with Gasteiger partial charge in [0.25, 0.3) is 0 Å². The SMILES string of the molecule is CCC(C)NC(=O)CN(C(C)=O)c1ccc(F)cc1. The molecule has 0 saturated heterocycles. The van der Waals surface area contributed by atoms with Gasteiger partial charge in [0.2, 0.25) is 11.8 Å². The van der Waals surface area contributed by atoms with E-state index in [1.54, 1.807) is 0 Å². The van der Waals surface area contributed by atoms with E-state index < -0.39 is 0 Å². The first kappa shape index (κ1) is 15.1. The second-order valence-electron chi connectivity index (χ2n) is 4.46. The first-order valence-electron chi connectivity index (χ1n) is 6.27. The molecule has 5 heteroatoms. The van der Waals surface area contributed by atoms with Crippen LogP contribution in [0.3, 0.4) is 0 Å². The third kappa shape index (κ3) is 4.69. The minimum absolute atomic E-state index is 0.0642. The molecule has 0 radical (unpaired) electrons. The van der Waals surface area contributed by atoms with E-state index in [9.17, 15) is 14.0 Å². The van der Waals surface area contributed by atoms with Gasteiger partial charge in [0.05, 0.1) is 0 Å². The minimum Gasteiger partial charge on any atom is -0.352 e. The standard InChI is InChI=1S/C14H19FN2O2/c1-4-10(2)16-14(19)9-17(11(3)18)13-7-5-12(15)6-8-13/h5-8,10H,4,9H2,1-3H3,(H,16,19). The van der Waals surface area contributed by atoms with Gasteiger partial charge in [0, 0.05) is 18.7 Å². The molecular weight excluding hydrogens is 247 g/mol. The molecule has 0 bridgehead atoms. The number of carbonyl (C=O) groups excluding carboxylic acids is 2. The number of nitrogens with zero attached hydrogens (tertiary/aromatic N) is 1. The van der Waals surface area contributed by atoms with Crippen molar-refractivity contribution in [1.29, 1.82) is 0 Å². The van der Waals surface area contributed by atoms with Crippen LogP contribution in [0.25, 0.3) is 0 Å². The number of nitrogens with one attached hydrogen (secondary N) is 1. The first-order valence-corrected chi connectivity index (χ1v) is 6.27. The highest BCUT2D eigenvalue weighted by Gasteiger charge is 2.16. The Morgan fingerprint density at radius 1 is 1.32 bits per heavy atom. The van der Waals surface area contributed by atoms with Crippen molar-refractivity contribution in [3.05, 3.63) is 30.1 Å². The van der Waals surface area contributed by atoms with Crippen molar-refractivity contribution >= 4 is 17.5 Å². The number of hydrogen-bond acceptors (Lipinski definition) is 2. The molecule has 0 saturated carbocycles. The Morgan fingerprint density at radius 2 is 1.89 bits per heavy atom. The van der Waals surface area contributed by atoms with Crippen LogP contribution in [0.15, 0.2) is 24.3 Å². The summed E-state index contributed by atoms with van der Waals surface area (Å²) in [4.78, 5) is 24.7. The fraction of sp³-hybridized carbons (Fsp3) is 0.429. The van der Waals surface area contributed by atoms with Gasteiger partial charge in [-0.25, -0.2) is 4.39 Å². The number of anilines is 1. The maximum absolute atomic E-state index is 12.8. The van der Waals surface area contributed by atoms with Crippen LogP contribution in [0.1, 0.15) is 27.2 Å². The van der Waals surface area contributed by atoms with Gasteiger partial charge in [-0.2, -0.15) is 0 Å². The van der Waals surface area contributed by atoms with Crippen LogP contribution < -0.4 is 10.2 Å². The van der Waals surface area contributed by atoms with E-state index in [1.165, 1.54) is 36.1 Å². The predicted octanol–water partition coefficient (Wildman–Crippen LogP) is 2.09. The summed E-state index contributed by atoms with van der Waals surface area (Å²) >= 11 is 0. The van der Waals surface area contributed by atoms with Crippen molar-refractivity contribution in [2.24, 2.45) is 0 Å². The monoisotopic (exact) mass is 266 g/mol. The van der Waals surface area contributed by atoms with Gasteiger partial charge < -0.3 is 10.2 Å². The molecule has 0 heterocycles. The Labute approximate surface area is 112 Å². The molecule has 0 spiro atoms. The quantitative estimate of drug-likeness (QED) is 0.887. The summed E-state index contributed by atoms with van der Waals surface area (Å²) in [7, 11) is 0. The lowest BCUT2D eigenvalue weighted by Gasteiger charge is -2.21. The van der Waals surface area contributed by atoms with Gasteiger partial charge in [-0.05, 0) is 37.6 Å². The molecule has 1 rings (SSSR count). The molecule has 0 aliphatic rings. The summed E-state index contributed by atoms with van der Waals surface area (Å²) in [6, 6.07) is 5.55. The number of amides is 2. The first-order chi connectivity index (χ1) is 8.93. The number of carbonyl (C=O) groups is 2. The molecule has 0 fully saturated rings. The van der Waals surface area contributed by atoms with E-state index in [0.29, 0.717) is 5.69 Å². The summed E-state index contributed by atoms with van der Waals surface area (Å²) < 4.78 is 12.8. The molecule has 104 valence electrons. The molecule has 1 N–H and O–H groups in total. The van der Waals surface area contributed by atoms with E-state index >= 15 is 0 Å². The molecule has 4 nitrogen and oxygen atoms in total. The number of benzene rings is 1. The van der Waals surface area contributed by atoms with Crippen molar-refractivity contribution in [3.63, 3.8) is 0 Å². The molecule has 19 heavy (non-hydrogen) atoms. The summed E-state index contributed by atoms with van der Waals surface area (Å²) in [6.07, 6.45) is 0.822. The highest BCUT2D eigenvalue weighted by atomic mass is 19.1. The Hall–Kier alpha value is -1.91. The van der Waals surface area contributed by atoms with Gasteiger partial charge in [0.15, 0.2) is 0 Å². The Morgan fingerprint density at radius 3 is 2.37 bits per heavy atom. The lowest BCUT2D eigenvalue weighted by atomic mass is 10.2. The minimum atomic E-state index is -0.378. The van der Waals surface area contributed by atoms with Crippen LogP contribution in [-0.4, -0.2) is 24.4 Å². The van der Waals surface area contributed by atoms with E-state index in [0.717, 1.165) is 6.42 Å². The topological polar surface area (TPSA) is 49.4 Å². The van der Waals surface area contributed by atoms with Crippen molar-refractivity contribution in [2.75, 3.05) is 11.4 Å². The fourth-order valence-corrected chi connectivity index (χ4v) is 1.57. The van der Waals surface area contributed by atoms with Crippen LogP contribution >= 0.6 is 0 Å². The maximum Gasteiger partial charge on any atom is 0.240 e. The highest BCUT2D eigenvalue weighted by molar-refractivity contribution is 5.97. The summed E-state index contributed by atoms with van der Waals surface area (Å²) in [5.41, 5.74) is 0.508. The summed E-state index contributed by atoms with van der Waals surface area (Å²) in [5.74, 6) is -0.865. The molecule has 1 atom stereocenters. The Balaban J connectivity index is 2.76. The molecule has 0 aromatic heterocycles. The van der Waals surface area contributed by atoms with Crippen molar-refractivity contribution < 1.29 is 14.0 Å². The number of rotatable bonds is 5. The average molecular weight is 266 g/mol. The second-order valence-corrected chi connectivity index (χ2v) is 4.46. The largest absolute Gasteiger partial charge is 0.352 e. The highest BCUT2D eigenvalue weighted by Crippen LogP contribution is 2.14. The normalized spacial score (nSPS) is 11.8. The Bertz CT molecular complexity index is 445. The van der Waals surface area contributed by atoms with E-state index in [-0.39, 0.29) is 30.2 Å². The molecular formula is C14H19FN2O2. The average Bonchev–Trinajstić information content (AvgIpc) is 2.36. The van der Waals surface area contributed by atoms with Crippen LogP contribution in [0.4, 0.5) is 10.1 Å². The van der Waals surface area contributed by atoms with Gasteiger partial charge in [0.1, 0.15) is 12.4 Å². The number of halogens is 1. The van der Waals surface area contributed by atoms with Crippen LogP contribution in [0, 0.1) is 5.82 Å². The molecule has 2 amide bonds. The van der Waals surface area contributed by atoms with Crippen LogP contribution in [0.2, 0.25) is 0 Å². The summed E-state index contributed by atoms with van der Waals surface area (Å²) in [5, 5.41) is 2.79. The van der Waals surface area contributed by atoms with Gasteiger partial charge in [-0.1, -0.05) is 6.92 Å². The van der Waals surface area contributed by atoms with E-state index in [2.05, 4.69) is 5.32 Å². The second kappa shape index (κ2) is 6.87. The van der Waals surface area contributed by atoms with Crippen molar-refractivity contribution in [2.45, 2.75) is 33.2 Å². The lowest BCUT2D eigenvalue weighted by Crippen LogP contribution is -2.42.